The molecule has 1 aliphatic carbocycles. The van der Waals surface area contributed by atoms with Gasteiger partial charge in [0, 0.05) is 0 Å². The molecule has 9 heavy (non-hydrogen) atoms. The molecule has 0 radical (unpaired) electrons. The Kier molecular flexibility index (Phi) is 1.92. The Morgan fingerprint density at radius 1 is 1.11 bits per heavy atom. The third-order valence-electron chi connectivity index (χ3n) is 1.81. The first-order chi connectivity index (χ1) is 4.33. The summed E-state index contributed by atoms with van der Waals surface area (Å²) in [5.41, 5.74) is 5.71. The smallest absolute Gasteiger partial charge is 0.0207 e. The molecular formula is C9H12. The van der Waals surface area contributed by atoms with Crippen LogP contribution in [0.5, 0.6) is 0 Å². The van der Waals surface area contributed by atoms with Crippen LogP contribution in [0.3, 0.4) is 0 Å². The average Bonchev–Trinajstić information content (AvgIpc) is 1.90. The molecule has 0 unspecified atom stereocenters. The minimum absolute atomic E-state index is 1.14. The molecule has 1 saturated carbocycles. The molecule has 0 aromatic heterocycles. The van der Waals surface area contributed by atoms with E-state index in [1.54, 1.807) is 0 Å². The van der Waals surface area contributed by atoms with Gasteiger partial charge in [-0.1, -0.05) is 18.7 Å². The van der Waals surface area contributed by atoms with E-state index in [9.17, 15) is 0 Å². The first kappa shape index (κ1) is 6.38. The van der Waals surface area contributed by atoms with Gasteiger partial charge in [-0.3, -0.25) is 0 Å². The van der Waals surface area contributed by atoms with Crippen LogP contribution in [0.2, 0.25) is 0 Å². The van der Waals surface area contributed by atoms with Gasteiger partial charge in [-0.2, -0.15) is 0 Å². The molecule has 0 nitrogen and oxygen atoms in total. The fraction of sp³-hybridized carbons (Fsp3) is 0.444. The summed E-state index contributed by atoms with van der Waals surface area (Å²) in [6.45, 7) is 7.54. The summed E-state index contributed by atoms with van der Waals surface area (Å²) < 4.78 is 0. The van der Waals surface area contributed by atoms with Gasteiger partial charge in [-0.15, -0.1) is 5.73 Å². The molecule has 0 aliphatic heterocycles. The lowest BCUT2D eigenvalue weighted by Gasteiger charge is -2.13. The summed E-state index contributed by atoms with van der Waals surface area (Å²) >= 11 is 0. The fourth-order valence-corrected chi connectivity index (χ4v) is 1.08. The lowest BCUT2D eigenvalue weighted by molar-refractivity contribution is 0.733. The first-order valence-electron chi connectivity index (χ1n) is 3.37. The van der Waals surface area contributed by atoms with Crippen molar-refractivity contribution in [2.45, 2.75) is 25.7 Å². The van der Waals surface area contributed by atoms with Gasteiger partial charge in [0.05, 0.1) is 0 Å². The summed E-state index contributed by atoms with van der Waals surface area (Å²) in [5, 5.41) is 0. The van der Waals surface area contributed by atoms with Crippen molar-refractivity contribution in [3.05, 3.63) is 30.0 Å². The van der Waals surface area contributed by atoms with Crippen LogP contribution in [-0.4, -0.2) is 0 Å². The monoisotopic (exact) mass is 120 g/mol. The van der Waals surface area contributed by atoms with Crippen molar-refractivity contribution in [2.24, 2.45) is 0 Å². The van der Waals surface area contributed by atoms with Crippen LogP contribution in [-0.2, 0) is 0 Å². The molecule has 0 spiro atoms. The van der Waals surface area contributed by atoms with Gasteiger partial charge in [0.2, 0.25) is 0 Å². The molecule has 0 atom stereocenters. The van der Waals surface area contributed by atoms with E-state index in [1.165, 1.54) is 11.1 Å². The second kappa shape index (κ2) is 2.70. The molecule has 1 fully saturated rings. The Hall–Kier alpha value is -0.740. The fourth-order valence-electron chi connectivity index (χ4n) is 1.08. The highest BCUT2D eigenvalue weighted by atomic mass is 14.1. The minimum Gasteiger partial charge on any atom is -0.130 e. The topological polar surface area (TPSA) is 0 Å². The van der Waals surface area contributed by atoms with Gasteiger partial charge in [0.25, 0.3) is 0 Å². The van der Waals surface area contributed by atoms with E-state index in [0.29, 0.717) is 0 Å². The summed E-state index contributed by atoms with van der Waals surface area (Å²) in [5.74, 6) is 0. The van der Waals surface area contributed by atoms with E-state index in [4.69, 9.17) is 0 Å². The van der Waals surface area contributed by atoms with Gasteiger partial charge in [-0.05, 0) is 31.3 Å². The van der Waals surface area contributed by atoms with Gasteiger partial charge in [-0.25, -0.2) is 0 Å². The second-order valence-electron chi connectivity index (χ2n) is 2.53. The molecule has 0 heterocycles. The molecule has 1 aliphatic rings. The SMILES string of the molecule is C=C=C1CCC(=C)CC1. The number of rotatable bonds is 0. The number of allylic oxidation sites excluding steroid dienone is 2. The largest absolute Gasteiger partial charge is 0.130 e. The van der Waals surface area contributed by atoms with Crippen LogP contribution in [0.4, 0.5) is 0 Å². The standard InChI is InChI=1S/C9H12/c1-3-9-6-4-8(2)5-7-9/h1-2,4-7H2. The van der Waals surface area contributed by atoms with Gasteiger partial charge < -0.3 is 0 Å². The molecule has 48 valence electrons. The van der Waals surface area contributed by atoms with E-state index in [1.807, 2.05) is 0 Å². The second-order valence-corrected chi connectivity index (χ2v) is 2.53. The van der Waals surface area contributed by atoms with E-state index in [-0.39, 0.29) is 0 Å². The zero-order valence-corrected chi connectivity index (χ0v) is 5.74. The Morgan fingerprint density at radius 3 is 2.11 bits per heavy atom. The zero-order chi connectivity index (χ0) is 6.69. The maximum Gasteiger partial charge on any atom is -0.0207 e. The Bertz CT molecular complexity index is 156. The molecule has 0 N–H and O–H groups in total. The van der Waals surface area contributed by atoms with Crippen LogP contribution in [0.1, 0.15) is 25.7 Å². The first-order valence-corrected chi connectivity index (χ1v) is 3.37. The highest BCUT2D eigenvalue weighted by Gasteiger charge is 2.06. The minimum atomic E-state index is 1.14. The molecule has 1 rings (SSSR count). The van der Waals surface area contributed by atoms with Crippen LogP contribution >= 0.6 is 0 Å². The normalized spacial score (nSPS) is 19.6. The van der Waals surface area contributed by atoms with Crippen molar-refractivity contribution in [3.63, 3.8) is 0 Å². The maximum absolute atomic E-state index is 3.92. The van der Waals surface area contributed by atoms with E-state index >= 15 is 0 Å². The van der Waals surface area contributed by atoms with E-state index in [0.717, 1.165) is 25.7 Å². The lowest BCUT2D eigenvalue weighted by atomic mass is 9.92. The van der Waals surface area contributed by atoms with Crippen LogP contribution in [0.15, 0.2) is 30.0 Å². The van der Waals surface area contributed by atoms with Crippen molar-refractivity contribution in [2.75, 3.05) is 0 Å². The summed E-state index contributed by atoms with van der Waals surface area (Å²) in [7, 11) is 0. The van der Waals surface area contributed by atoms with Gasteiger partial charge in [0.15, 0.2) is 0 Å². The Morgan fingerprint density at radius 2 is 1.67 bits per heavy atom. The Balaban J connectivity index is 2.53. The summed E-state index contributed by atoms with van der Waals surface area (Å²) in [6.07, 6.45) is 4.58. The van der Waals surface area contributed by atoms with Gasteiger partial charge >= 0.3 is 0 Å². The third kappa shape index (κ3) is 1.58. The van der Waals surface area contributed by atoms with Crippen molar-refractivity contribution in [3.8, 4) is 0 Å². The summed E-state index contributed by atoms with van der Waals surface area (Å²) in [6, 6.07) is 0. The number of hydrogen-bond donors (Lipinski definition) is 0. The molecule has 0 saturated heterocycles. The highest BCUT2D eigenvalue weighted by Crippen LogP contribution is 2.24. The maximum atomic E-state index is 3.92. The predicted octanol–water partition coefficient (Wildman–Crippen LogP) is 2.83. The Labute approximate surface area is 56.6 Å². The number of hydrogen-bond acceptors (Lipinski definition) is 0. The van der Waals surface area contributed by atoms with E-state index in [2.05, 4.69) is 18.9 Å². The zero-order valence-electron chi connectivity index (χ0n) is 5.74. The quantitative estimate of drug-likeness (QED) is 0.340. The summed E-state index contributed by atoms with van der Waals surface area (Å²) in [4.78, 5) is 0. The molecular weight excluding hydrogens is 108 g/mol. The molecule has 0 aromatic carbocycles. The molecule has 0 aromatic rings. The third-order valence-corrected chi connectivity index (χ3v) is 1.81. The van der Waals surface area contributed by atoms with Crippen molar-refractivity contribution >= 4 is 0 Å². The highest BCUT2D eigenvalue weighted by molar-refractivity contribution is 5.12. The average molecular weight is 120 g/mol. The van der Waals surface area contributed by atoms with Crippen molar-refractivity contribution < 1.29 is 0 Å². The molecule has 0 heteroatoms. The molecule has 0 amide bonds. The van der Waals surface area contributed by atoms with Crippen molar-refractivity contribution in [1.29, 1.82) is 0 Å². The molecule has 0 bridgehead atoms. The van der Waals surface area contributed by atoms with Crippen LogP contribution in [0.25, 0.3) is 0 Å². The van der Waals surface area contributed by atoms with Crippen LogP contribution < -0.4 is 0 Å². The van der Waals surface area contributed by atoms with Crippen LogP contribution in [0, 0.1) is 0 Å². The predicted molar refractivity (Wildman–Crippen MR) is 40.3 cm³/mol. The lowest BCUT2D eigenvalue weighted by Crippen LogP contribution is -1.94. The van der Waals surface area contributed by atoms with Gasteiger partial charge in [0.1, 0.15) is 0 Å². The van der Waals surface area contributed by atoms with Crippen molar-refractivity contribution in [1.82, 2.24) is 0 Å². The van der Waals surface area contributed by atoms with E-state index < -0.39 is 0 Å².